The minimum Gasteiger partial charge on any atom is -0.309 e. The molecule has 6 nitrogen and oxygen atoms in total. The van der Waals surface area contributed by atoms with Crippen molar-refractivity contribution in [3.63, 3.8) is 0 Å². The standard InChI is InChI=1S/C21H26N4O2S2/c22-29(27,19-10-9-18(28-19)17-8-3-11-23-17)25-21(26)24-20-15-6-1-4-13(15)12-14-5-2-7-16(14)20/h9-10,12,17,23H,1-8,11H2,(H3,22,24,25,26,27)/t17-,29-/m1/s1. The van der Waals surface area contributed by atoms with Gasteiger partial charge in [0.2, 0.25) is 0 Å². The maximum absolute atomic E-state index is 13.0. The van der Waals surface area contributed by atoms with Crippen molar-refractivity contribution in [1.29, 1.82) is 0 Å². The van der Waals surface area contributed by atoms with Crippen LogP contribution in [0.3, 0.4) is 0 Å². The number of amides is 2. The number of nitrogens with one attached hydrogen (secondary N) is 2. The number of nitrogens with zero attached hydrogens (tertiary/aromatic N) is 1. The Balaban J connectivity index is 1.42. The van der Waals surface area contributed by atoms with Crippen molar-refractivity contribution >= 4 is 33.0 Å². The Labute approximate surface area is 175 Å². The van der Waals surface area contributed by atoms with E-state index in [0.29, 0.717) is 4.21 Å². The number of anilines is 1. The largest absolute Gasteiger partial charge is 0.354 e. The second kappa shape index (κ2) is 7.50. The molecule has 4 N–H and O–H groups in total. The number of hydrogen-bond donors (Lipinski definition) is 3. The van der Waals surface area contributed by atoms with Gasteiger partial charge in [0.05, 0.1) is 0 Å². The Kier molecular flexibility index (Phi) is 4.98. The number of benzene rings is 1. The number of thiophene rings is 1. The molecule has 1 fully saturated rings. The molecule has 1 aliphatic heterocycles. The molecule has 1 aromatic carbocycles. The summed E-state index contributed by atoms with van der Waals surface area (Å²) in [6.45, 7) is 0.994. The number of aryl methyl sites for hydroxylation is 2. The molecule has 0 radical (unpaired) electrons. The molecule has 8 heteroatoms. The van der Waals surface area contributed by atoms with Gasteiger partial charge in [-0.05, 0) is 92.3 Å². The normalized spacial score (nSPS) is 22.2. The highest BCUT2D eigenvalue weighted by atomic mass is 32.2. The van der Waals surface area contributed by atoms with Crippen LogP contribution in [-0.2, 0) is 35.6 Å². The second-order valence-corrected chi connectivity index (χ2v) is 11.3. The van der Waals surface area contributed by atoms with Crippen molar-refractivity contribution in [3.05, 3.63) is 45.3 Å². The predicted molar refractivity (Wildman–Crippen MR) is 117 cm³/mol. The molecule has 2 atom stereocenters. The molecule has 2 heterocycles. The van der Waals surface area contributed by atoms with Gasteiger partial charge >= 0.3 is 6.03 Å². The van der Waals surface area contributed by atoms with E-state index in [2.05, 4.69) is 21.1 Å². The summed E-state index contributed by atoms with van der Waals surface area (Å²) < 4.78 is 17.4. The highest BCUT2D eigenvalue weighted by Crippen LogP contribution is 2.39. The fourth-order valence-electron chi connectivity index (χ4n) is 4.87. The van der Waals surface area contributed by atoms with Gasteiger partial charge in [-0.3, -0.25) is 0 Å². The van der Waals surface area contributed by atoms with Gasteiger partial charge in [-0.2, -0.15) is 0 Å². The SMILES string of the molecule is N[S@@](=O)(=NC(=O)Nc1c2c(cc3c1CCC3)CCC2)c1ccc([C@H]2CCCN2)s1. The van der Waals surface area contributed by atoms with Crippen LogP contribution >= 0.6 is 11.3 Å². The van der Waals surface area contributed by atoms with Gasteiger partial charge in [0, 0.05) is 16.6 Å². The lowest BCUT2D eigenvalue weighted by Gasteiger charge is -2.15. The quantitative estimate of drug-likeness (QED) is 0.684. The molecule has 0 saturated carbocycles. The van der Waals surface area contributed by atoms with Crippen LogP contribution in [0.25, 0.3) is 0 Å². The third kappa shape index (κ3) is 3.63. The number of carbonyl (C=O) groups excluding carboxylic acids is 1. The van der Waals surface area contributed by atoms with Crippen molar-refractivity contribution in [2.24, 2.45) is 9.50 Å². The number of fused-ring (bicyclic) bond motifs is 2. The molecule has 3 aliphatic rings. The lowest BCUT2D eigenvalue weighted by atomic mass is 9.99. The van der Waals surface area contributed by atoms with E-state index in [1.54, 1.807) is 6.07 Å². The number of hydrogen-bond acceptors (Lipinski definition) is 4. The zero-order chi connectivity index (χ0) is 20.0. The molecule has 29 heavy (non-hydrogen) atoms. The third-order valence-corrected chi connectivity index (χ3v) is 9.33. The van der Waals surface area contributed by atoms with Crippen LogP contribution in [0.1, 0.15) is 58.9 Å². The van der Waals surface area contributed by atoms with Gasteiger partial charge in [-0.1, -0.05) is 6.07 Å². The van der Waals surface area contributed by atoms with Gasteiger partial charge in [0.1, 0.15) is 4.21 Å². The van der Waals surface area contributed by atoms with Crippen molar-refractivity contribution in [2.75, 3.05) is 11.9 Å². The van der Waals surface area contributed by atoms with Crippen molar-refractivity contribution in [3.8, 4) is 0 Å². The summed E-state index contributed by atoms with van der Waals surface area (Å²) in [7, 11) is -3.26. The van der Waals surface area contributed by atoms with Gasteiger partial charge < -0.3 is 10.6 Å². The molecule has 0 bridgehead atoms. The van der Waals surface area contributed by atoms with Crippen molar-refractivity contribution < 1.29 is 9.00 Å². The highest BCUT2D eigenvalue weighted by molar-refractivity contribution is 7.93. The molecular weight excluding hydrogens is 404 g/mol. The first-order chi connectivity index (χ1) is 14.0. The Hall–Kier alpha value is -1.74. The molecule has 154 valence electrons. The van der Waals surface area contributed by atoms with Gasteiger partial charge in [0.25, 0.3) is 0 Å². The molecule has 0 spiro atoms. The maximum atomic E-state index is 13.0. The minimum absolute atomic E-state index is 0.285. The van der Waals surface area contributed by atoms with E-state index >= 15 is 0 Å². The molecule has 1 aromatic heterocycles. The lowest BCUT2D eigenvalue weighted by molar-refractivity contribution is 0.260. The zero-order valence-electron chi connectivity index (χ0n) is 16.3. The van der Waals surface area contributed by atoms with Crippen LogP contribution in [0.5, 0.6) is 0 Å². The predicted octanol–water partition coefficient (Wildman–Crippen LogP) is 4.08. The minimum atomic E-state index is -3.26. The first kappa shape index (κ1) is 19.2. The van der Waals surface area contributed by atoms with Crippen LogP contribution in [0.2, 0.25) is 0 Å². The summed E-state index contributed by atoms with van der Waals surface area (Å²) in [5, 5.41) is 12.4. The molecular formula is C21H26N4O2S2. The molecule has 2 aliphatic carbocycles. The van der Waals surface area contributed by atoms with Gasteiger partial charge in [0.15, 0.2) is 9.92 Å². The Bertz CT molecular complexity index is 1060. The van der Waals surface area contributed by atoms with E-state index in [1.807, 2.05) is 6.07 Å². The van der Waals surface area contributed by atoms with Gasteiger partial charge in [-0.25, -0.2) is 14.1 Å². The van der Waals surface area contributed by atoms with E-state index in [1.165, 1.54) is 33.6 Å². The summed E-state index contributed by atoms with van der Waals surface area (Å²) in [6.07, 6.45) is 8.48. The highest BCUT2D eigenvalue weighted by Gasteiger charge is 2.26. The van der Waals surface area contributed by atoms with E-state index in [-0.39, 0.29) is 6.04 Å². The summed E-state index contributed by atoms with van der Waals surface area (Å²) in [5.74, 6) is 0. The molecule has 5 rings (SSSR count). The summed E-state index contributed by atoms with van der Waals surface area (Å²) >= 11 is 1.39. The van der Waals surface area contributed by atoms with E-state index < -0.39 is 15.9 Å². The number of rotatable bonds is 3. The van der Waals surface area contributed by atoms with Crippen molar-refractivity contribution in [2.45, 2.75) is 61.6 Å². The van der Waals surface area contributed by atoms with Gasteiger partial charge in [-0.15, -0.1) is 15.7 Å². The maximum Gasteiger partial charge on any atom is 0.354 e. The Morgan fingerprint density at radius 2 is 1.86 bits per heavy atom. The zero-order valence-corrected chi connectivity index (χ0v) is 18.0. The number of urea groups is 1. The fraction of sp³-hybridized carbons (Fsp3) is 0.476. The lowest BCUT2D eigenvalue weighted by Crippen LogP contribution is -2.18. The summed E-state index contributed by atoms with van der Waals surface area (Å²) in [4.78, 5) is 13.8. The van der Waals surface area contributed by atoms with Crippen LogP contribution in [0.15, 0.2) is 26.8 Å². The Morgan fingerprint density at radius 3 is 2.52 bits per heavy atom. The topological polar surface area (TPSA) is 96.6 Å². The summed E-state index contributed by atoms with van der Waals surface area (Å²) in [6, 6.07) is 5.68. The number of carbonyl (C=O) groups is 1. The Morgan fingerprint density at radius 1 is 1.14 bits per heavy atom. The average molecular weight is 431 g/mol. The van der Waals surface area contributed by atoms with Crippen LogP contribution < -0.4 is 15.8 Å². The first-order valence-electron chi connectivity index (χ1n) is 10.4. The van der Waals surface area contributed by atoms with Crippen LogP contribution in [0, 0.1) is 0 Å². The monoisotopic (exact) mass is 430 g/mol. The van der Waals surface area contributed by atoms with Crippen molar-refractivity contribution in [1.82, 2.24) is 5.32 Å². The third-order valence-electron chi connectivity index (χ3n) is 6.22. The molecule has 2 amide bonds. The first-order valence-corrected chi connectivity index (χ1v) is 12.8. The number of nitrogens with two attached hydrogens (primary N) is 1. The summed E-state index contributed by atoms with van der Waals surface area (Å²) in [5.41, 5.74) is 6.02. The van der Waals surface area contributed by atoms with E-state index in [0.717, 1.165) is 68.5 Å². The second-order valence-electron chi connectivity index (χ2n) is 8.13. The van der Waals surface area contributed by atoms with E-state index in [4.69, 9.17) is 5.14 Å². The van der Waals surface area contributed by atoms with Crippen LogP contribution in [0.4, 0.5) is 10.5 Å². The fourth-order valence-corrected chi connectivity index (χ4v) is 7.24. The van der Waals surface area contributed by atoms with E-state index in [9.17, 15) is 9.00 Å². The average Bonchev–Trinajstić information content (AvgIpc) is 3.46. The smallest absolute Gasteiger partial charge is 0.309 e. The molecule has 0 unspecified atom stereocenters. The molecule has 2 aromatic rings. The van der Waals surface area contributed by atoms with Crippen LogP contribution in [-0.4, -0.2) is 16.8 Å². The molecule has 1 saturated heterocycles.